The van der Waals surface area contributed by atoms with Crippen molar-refractivity contribution in [2.75, 3.05) is 0 Å². The van der Waals surface area contributed by atoms with Crippen molar-refractivity contribution in [3.8, 4) is 5.75 Å². The Hall–Kier alpha value is -1.74. The SMILES string of the molecule is Cl.Clc1ccc(COc2ccc3ccccc3c2CNC2CCCC2)cc1. The fourth-order valence-electron chi connectivity index (χ4n) is 3.75. The van der Waals surface area contributed by atoms with Crippen molar-refractivity contribution in [2.45, 2.75) is 44.9 Å². The minimum Gasteiger partial charge on any atom is -0.489 e. The molecule has 2 nitrogen and oxygen atoms in total. The van der Waals surface area contributed by atoms with Gasteiger partial charge >= 0.3 is 0 Å². The van der Waals surface area contributed by atoms with Crippen LogP contribution >= 0.6 is 24.0 Å². The number of rotatable bonds is 6. The number of nitrogens with one attached hydrogen (secondary N) is 1. The molecule has 1 aliphatic carbocycles. The smallest absolute Gasteiger partial charge is 0.124 e. The largest absolute Gasteiger partial charge is 0.489 e. The highest BCUT2D eigenvalue weighted by Crippen LogP contribution is 2.29. The molecule has 0 aliphatic heterocycles. The number of halogens is 2. The lowest BCUT2D eigenvalue weighted by Gasteiger charge is -2.17. The van der Waals surface area contributed by atoms with Gasteiger partial charge in [-0.1, -0.05) is 66.9 Å². The van der Waals surface area contributed by atoms with Gasteiger partial charge in [0.25, 0.3) is 0 Å². The van der Waals surface area contributed by atoms with Crippen molar-refractivity contribution in [1.82, 2.24) is 5.32 Å². The Bertz CT molecular complexity index is 873. The standard InChI is InChI=1S/C23H24ClNO.ClH/c24-19-12-9-17(10-13-19)16-26-23-14-11-18-5-1-4-8-21(18)22(23)15-25-20-6-2-3-7-20;/h1,4-5,8-14,20,25H,2-3,6-7,15-16H2;1H. The quantitative estimate of drug-likeness (QED) is 0.506. The molecule has 4 rings (SSSR count). The first-order chi connectivity index (χ1) is 12.8. The number of hydrogen-bond acceptors (Lipinski definition) is 2. The van der Waals surface area contributed by atoms with Crippen molar-refractivity contribution in [2.24, 2.45) is 0 Å². The summed E-state index contributed by atoms with van der Waals surface area (Å²) in [5.74, 6) is 0.962. The number of benzene rings is 3. The van der Waals surface area contributed by atoms with Crippen LogP contribution in [0.2, 0.25) is 5.02 Å². The number of hydrogen-bond donors (Lipinski definition) is 1. The highest BCUT2D eigenvalue weighted by molar-refractivity contribution is 6.30. The second-order valence-corrected chi connectivity index (χ2v) is 7.48. The molecule has 4 heteroatoms. The van der Waals surface area contributed by atoms with Crippen LogP contribution in [0.15, 0.2) is 60.7 Å². The Balaban J connectivity index is 0.00000210. The predicted molar refractivity (Wildman–Crippen MR) is 116 cm³/mol. The van der Waals surface area contributed by atoms with Crippen molar-refractivity contribution in [3.05, 3.63) is 76.8 Å². The highest BCUT2D eigenvalue weighted by atomic mass is 35.5. The molecule has 1 fully saturated rings. The van der Waals surface area contributed by atoms with Crippen molar-refractivity contribution in [3.63, 3.8) is 0 Å². The molecule has 1 N–H and O–H groups in total. The molecule has 0 amide bonds. The Morgan fingerprint density at radius 2 is 1.67 bits per heavy atom. The van der Waals surface area contributed by atoms with E-state index in [1.165, 1.54) is 42.0 Å². The number of ether oxygens (including phenoxy) is 1. The zero-order valence-electron chi connectivity index (χ0n) is 15.3. The van der Waals surface area contributed by atoms with Gasteiger partial charge in [0, 0.05) is 23.2 Å². The van der Waals surface area contributed by atoms with Gasteiger partial charge in [0.1, 0.15) is 12.4 Å². The first-order valence-electron chi connectivity index (χ1n) is 9.41. The van der Waals surface area contributed by atoms with E-state index in [-0.39, 0.29) is 12.4 Å². The van der Waals surface area contributed by atoms with Crippen LogP contribution in [0.25, 0.3) is 10.8 Å². The third kappa shape index (κ3) is 4.95. The zero-order chi connectivity index (χ0) is 17.8. The molecule has 0 radical (unpaired) electrons. The lowest BCUT2D eigenvalue weighted by molar-refractivity contribution is 0.302. The normalized spacial score (nSPS) is 14.3. The summed E-state index contributed by atoms with van der Waals surface area (Å²) in [6, 6.07) is 21.3. The molecule has 0 unspecified atom stereocenters. The Morgan fingerprint density at radius 3 is 2.44 bits per heavy atom. The molecule has 0 spiro atoms. The summed E-state index contributed by atoms with van der Waals surface area (Å²) in [5.41, 5.74) is 2.38. The lowest BCUT2D eigenvalue weighted by atomic mass is 10.0. The van der Waals surface area contributed by atoms with Crippen molar-refractivity contribution in [1.29, 1.82) is 0 Å². The first-order valence-corrected chi connectivity index (χ1v) is 9.78. The van der Waals surface area contributed by atoms with Gasteiger partial charge in [-0.2, -0.15) is 0 Å². The van der Waals surface area contributed by atoms with Gasteiger partial charge in [-0.3, -0.25) is 0 Å². The van der Waals surface area contributed by atoms with Crippen LogP contribution in [-0.4, -0.2) is 6.04 Å². The summed E-state index contributed by atoms with van der Waals surface area (Å²) >= 11 is 5.97. The molecular formula is C23H25Cl2NO. The summed E-state index contributed by atoms with van der Waals surface area (Å²) in [6.45, 7) is 1.40. The van der Waals surface area contributed by atoms with Crippen LogP contribution in [0.3, 0.4) is 0 Å². The molecule has 0 heterocycles. The van der Waals surface area contributed by atoms with E-state index in [4.69, 9.17) is 16.3 Å². The average molecular weight is 402 g/mol. The molecule has 0 atom stereocenters. The second-order valence-electron chi connectivity index (χ2n) is 7.04. The third-order valence-corrected chi connectivity index (χ3v) is 5.48. The van der Waals surface area contributed by atoms with Gasteiger partial charge in [0.15, 0.2) is 0 Å². The molecule has 1 saturated carbocycles. The number of fused-ring (bicyclic) bond motifs is 1. The van der Waals surface area contributed by atoms with Crippen molar-refractivity contribution < 1.29 is 4.74 Å². The maximum atomic E-state index is 6.20. The van der Waals surface area contributed by atoms with E-state index >= 15 is 0 Å². The maximum Gasteiger partial charge on any atom is 0.124 e. The fraction of sp³-hybridized carbons (Fsp3) is 0.304. The van der Waals surface area contributed by atoms with E-state index in [1.807, 2.05) is 24.3 Å². The average Bonchev–Trinajstić information content (AvgIpc) is 3.19. The van der Waals surface area contributed by atoms with Crippen LogP contribution in [0, 0.1) is 0 Å². The van der Waals surface area contributed by atoms with Crippen LogP contribution in [0.4, 0.5) is 0 Å². The van der Waals surface area contributed by atoms with Gasteiger partial charge < -0.3 is 10.1 Å². The van der Waals surface area contributed by atoms with E-state index in [0.717, 1.165) is 22.9 Å². The second kappa shape index (κ2) is 9.45. The molecular weight excluding hydrogens is 377 g/mol. The van der Waals surface area contributed by atoms with E-state index in [9.17, 15) is 0 Å². The van der Waals surface area contributed by atoms with E-state index in [2.05, 4.69) is 41.7 Å². The summed E-state index contributed by atoms with van der Waals surface area (Å²) in [6.07, 6.45) is 5.25. The molecule has 0 bridgehead atoms. The summed E-state index contributed by atoms with van der Waals surface area (Å²) in [7, 11) is 0. The van der Waals surface area contributed by atoms with Gasteiger partial charge in [0.05, 0.1) is 0 Å². The fourth-order valence-corrected chi connectivity index (χ4v) is 3.88. The summed E-state index contributed by atoms with van der Waals surface area (Å²) < 4.78 is 6.20. The van der Waals surface area contributed by atoms with E-state index < -0.39 is 0 Å². The topological polar surface area (TPSA) is 21.3 Å². The highest BCUT2D eigenvalue weighted by Gasteiger charge is 2.16. The molecule has 1 aliphatic rings. The van der Waals surface area contributed by atoms with Crippen LogP contribution in [0.1, 0.15) is 36.8 Å². The van der Waals surface area contributed by atoms with Gasteiger partial charge in [-0.05, 0) is 47.4 Å². The molecule has 142 valence electrons. The lowest BCUT2D eigenvalue weighted by Crippen LogP contribution is -2.25. The monoisotopic (exact) mass is 401 g/mol. The maximum absolute atomic E-state index is 6.20. The Labute approximate surface area is 172 Å². The van der Waals surface area contributed by atoms with Crippen LogP contribution in [0.5, 0.6) is 5.75 Å². The molecule has 0 saturated heterocycles. The summed E-state index contributed by atoms with van der Waals surface area (Å²) in [5, 5.41) is 7.02. The van der Waals surface area contributed by atoms with Crippen LogP contribution < -0.4 is 10.1 Å². The predicted octanol–water partition coefficient (Wildman–Crippen LogP) is 6.53. The van der Waals surface area contributed by atoms with Gasteiger partial charge in [-0.25, -0.2) is 0 Å². The zero-order valence-corrected chi connectivity index (χ0v) is 16.9. The van der Waals surface area contributed by atoms with E-state index in [1.54, 1.807) is 0 Å². The molecule has 0 aromatic heterocycles. The van der Waals surface area contributed by atoms with Crippen LogP contribution in [-0.2, 0) is 13.2 Å². The van der Waals surface area contributed by atoms with Crippen molar-refractivity contribution >= 4 is 34.8 Å². The Morgan fingerprint density at radius 1 is 0.926 bits per heavy atom. The first kappa shape index (κ1) is 20.0. The molecule has 3 aromatic rings. The minimum atomic E-state index is 0. The third-order valence-electron chi connectivity index (χ3n) is 5.23. The van der Waals surface area contributed by atoms with Gasteiger partial charge in [0.2, 0.25) is 0 Å². The Kier molecular flexibility index (Phi) is 7.01. The van der Waals surface area contributed by atoms with Gasteiger partial charge in [-0.15, -0.1) is 12.4 Å². The molecule has 27 heavy (non-hydrogen) atoms. The van der Waals surface area contributed by atoms with E-state index in [0.29, 0.717) is 12.6 Å². The summed E-state index contributed by atoms with van der Waals surface area (Å²) in [4.78, 5) is 0. The minimum absolute atomic E-state index is 0. The molecule has 3 aromatic carbocycles.